The molecule has 1 atom stereocenters. The molecule has 0 aliphatic carbocycles. The van der Waals surface area contributed by atoms with Crippen molar-refractivity contribution in [1.29, 1.82) is 0 Å². The standard InChI is InChI=1S/C13H17BrN2O3/c1-9(2-7-12(17)18)16-13(19)15-8-10-3-5-11(14)6-4-10/h3-6,9H,2,7-8H2,1H3,(H,17,18)(H2,15,16,19). The van der Waals surface area contributed by atoms with Gasteiger partial charge in [0.05, 0.1) is 0 Å². The monoisotopic (exact) mass is 328 g/mol. The molecule has 0 fully saturated rings. The largest absolute Gasteiger partial charge is 0.481 e. The van der Waals surface area contributed by atoms with Gasteiger partial charge in [0.2, 0.25) is 0 Å². The SMILES string of the molecule is CC(CCC(=O)O)NC(=O)NCc1ccc(Br)cc1. The number of carboxylic acids is 1. The number of rotatable bonds is 6. The Kier molecular flexibility index (Phi) is 6.35. The molecule has 0 saturated carbocycles. The van der Waals surface area contributed by atoms with Gasteiger partial charge in [-0.15, -0.1) is 0 Å². The first kappa shape index (κ1) is 15.5. The number of carbonyl (C=O) groups is 2. The van der Waals surface area contributed by atoms with E-state index in [2.05, 4.69) is 26.6 Å². The Morgan fingerprint density at radius 1 is 1.32 bits per heavy atom. The number of benzene rings is 1. The van der Waals surface area contributed by atoms with Gasteiger partial charge in [0.15, 0.2) is 0 Å². The molecule has 0 radical (unpaired) electrons. The summed E-state index contributed by atoms with van der Waals surface area (Å²) >= 11 is 3.34. The number of urea groups is 1. The molecule has 0 aliphatic rings. The van der Waals surface area contributed by atoms with Crippen molar-refractivity contribution in [2.75, 3.05) is 0 Å². The van der Waals surface area contributed by atoms with E-state index < -0.39 is 5.97 Å². The Morgan fingerprint density at radius 3 is 2.53 bits per heavy atom. The van der Waals surface area contributed by atoms with Gasteiger partial charge in [-0.25, -0.2) is 4.79 Å². The summed E-state index contributed by atoms with van der Waals surface area (Å²) in [6, 6.07) is 7.19. The molecule has 1 rings (SSSR count). The second kappa shape index (κ2) is 7.78. The molecule has 0 saturated heterocycles. The predicted octanol–water partition coefficient (Wildman–Crippen LogP) is 2.50. The van der Waals surface area contributed by atoms with E-state index >= 15 is 0 Å². The van der Waals surface area contributed by atoms with Gasteiger partial charge in [-0.1, -0.05) is 28.1 Å². The topological polar surface area (TPSA) is 78.4 Å². The third-order valence-electron chi connectivity index (χ3n) is 2.54. The van der Waals surface area contributed by atoms with E-state index in [4.69, 9.17) is 5.11 Å². The minimum absolute atomic E-state index is 0.0498. The number of nitrogens with one attached hydrogen (secondary N) is 2. The molecule has 0 heterocycles. The lowest BCUT2D eigenvalue weighted by Gasteiger charge is -2.13. The van der Waals surface area contributed by atoms with Crippen LogP contribution in [0.5, 0.6) is 0 Å². The zero-order valence-corrected chi connectivity index (χ0v) is 12.2. The summed E-state index contributed by atoms with van der Waals surface area (Å²) in [6.07, 6.45) is 0.467. The Hall–Kier alpha value is -1.56. The van der Waals surface area contributed by atoms with E-state index in [0.717, 1.165) is 10.0 Å². The quantitative estimate of drug-likeness (QED) is 0.750. The van der Waals surface area contributed by atoms with Gasteiger partial charge >= 0.3 is 12.0 Å². The van der Waals surface area contributed by atoms with Crippen LogP contribution in [0.25, 0.3) is 0 Å². The minimum atomic E-state index is -0.857. The smallest absolute Gasteiger partial charge is 0.315 e. The summed E-state index contributed by atoms with van der Waals surface area (Å²) in [4.78, 5) is 22.0. The van der Waals surface area contributed by atoms with Crippen LogP contribution < -0.4 is 10.6 Å². The first-order valence-corrected chi connectivity index (χ1v) is 6.77. The number of hydrogen-bond donors (Lipinski definition) is 3. The van der Waals surface area contributed by atoms with E-state index in [-0.39, 0.29) is 18.5 Å². The molecule has 19 heavy (non-hydrogen) atoms. The Labute approximate surface area is 120 Å². The molecule has 1 aromatic rings. The second-order valence-corrected chi connectivity index (χ2v) is 5.20. The van der Waals surface area contributed by atoms with Crippen molar-refractivity contribution >= 4 is 27.9 Å². The van der Waals surface area contributed by atoms with Gasteiger partial charge in [-0.2, -0.15) is 0 Å². The zero-order valence-electron chi connectivity index (χ0n) is 10.6. The Morgan fingerprint density at radius 2 is 1.95 bits per heavy atom. The molecule has 3 N–H and O–H groups in total. The normalized spacial score (nSPS) is 11.7. The first-order valence-electron chi connectivity index (χ1n) is 5.98. The van der Waals surface area contributed by atoms with Crippen molar-refractivity contribution in [2.45, 2.75) is 32.4 Å². The average molecular weight is 329 g/mol. The molecule has 5 nitrogen and oxygen atoms in total. The lowest BCUT2D eigenvalue weighted by Crippen LogP contribution is -2.40. The highest BCUT2D eigenvalue weighted by molar-refractivity contribution is 9.10. The number of hydrogen-bond acceptors (Lipinski definition) is 2. The predicted molar refractivity (Wildman–Crippen MR) is 75.8 cm³/mol. The highest BCUT2D eigenvalue weighted by Crippen LogP contribution is 2.10. The third kappa shape index (κ3) is 6.81. The van der Waals surface area contributed by atoms with Crippen LogP contribution in [0.2, 0.25) is 0 Å². The van der Waals surface area contributed by atoms with Crippen LogP contribution in [0.4, 0.5) is 4.79 Å². The van der Waals surface area contributed by atoms with Crippen molar-refractivity contribution in [3.63, 3.8) is 0 Å². The molecule has 1 aromatic carbocycles. The highest BCUT2D eigenvalue weighted by Gasteiger charge is 2.08. The summed E-state index contributed by atoms with van der Waals surface area (Å²) < 4.78 is 0.989. The first-order chi connectivity index (χ1) is 8.97. The maximum atomic E-state index is 11.6. The molecule has 104 valence electrons. The lowest BCUT2D eigenvalue weighted by atomic mass is 10.2. The van der Waals surface area contributed by atoms with E-state index in [9.17, 15) is 9.59 Å². The van der Waals surface area contributed by atoms with Crippen LogP contribution in [-0.2, 0) is 11.3 Å². The molecule has 0 aliphatic heterocycles. The van der Waals surface area contributed by atoms with Gasteiger partial charge in [0.25, 0.3) is 0 Å². The van der Waals surface area contributed by atoms with Crippen molar-refractivity contribution in [1.82, 2.24) is 10.6 Å². The van der Waals surface area contributed by atoms with Crippen LogP contribution in [0, 0.1) is 0 Å². The van der Waals surface area contributed by atoms with Gasteiger partial charge < -0.3 is 15.7 Å². The number of carbonyl (C=O) groups excluding carboxylic acids is 1. The number of carboxylic acid groups (broad SMARTS) is 1. The molecule has 1 unspecified atom stereocenters. The van der Waals surface area contributed by atoms with Gasteiger partial charge in [-0.3, -0.25) is 4.79 Å². The Bertz CT molecular complexity index is 434. The summed E-state index contributed by atoms with van der Waals surface area (Å²) in [5.41, 5.74) is 0.997. The van der Waals surface area contributed by atoms with E-state index in [0.29, 0.717) is 13.0 Å². The van der Waals surface area contributed by atoms with Gasteiger partial charge in [-0.05, 0) is 31.0 Å². The molecule has 0 spiro atoms. The fraction of sp³-hybridized carbons (Fsp3) is 0.385. The van der Waals surface area contributed by atoms with Gasteiger partial charge in [0.1, 0.15) is 0 Å². The van der Waals surface area contributed by atoms with Crippen LogP contribution in [-0.4, -0.2) is 23.1 Å². The fourth-order valence-corrected chi connectivity index (χ4v) is 1.74. The van der Waals surface area contributed by atoms with Gasteiger partial charge in [0, 0.05) is 23.5 Å². The van der Waals surface area contributed by atoms with Crippen LogP contribution in [0.15, 0.2) is 28.7 Å². The van der Waals surface area contributed by atoms with E-state index in [1.54, 1.807) is 6.92 Å². The van der Waals surface area contributed by atoms with Crippen molar-refractivity contribution in [3.8, 4) is 0 Å². The summed E-state index contributed by atoms with van der Waals surface area (Å²) in [7, 11) is 0. The zero-order chi connectivity index (χ0) is 14.3. The summed E-state index contributed by atoms with van der Waals surface area (Å²) in [6.45, 7) is 2.22. The molecule has 0 bridgehead atoms. The van der Waals surface area contributed by atoms with Crippen molar-refractivity contribution < 1.29 is 14.7 Å². The minimum Gasteiger partial charge on any atom is -0.481 e. The maximum Gasteiger partial charge on any atom is 0.315 e. The molecule has 0 aromatic heterocycles. The third-order valence-corrected chi connectivity index (χ3v) is 3.06. The molecular weight excluding hydrogens is 312 g/mol. The summed E-state index contributed by atoms with van der Waals surface area (Å²) in [5.74, 6) is -0.857. The summed E-state index contributed by atoms with van der Waals surface area (Å²) in [5, 5.41) is 14.0. The van der Waals surface area contributed by atoms with E-state index in [1.807, 2.05) is 24.3 Å². The number of aliphatic carboxylic acids is 1. The maximum absolute atomic E-state index is 11.6. The van der Waals surface area contributed by atoms with Crippen molar-refractivity contribution in [3.05, 3.63) is 34.3 Å². The Balaban J connectivity index is 2.27. The molecule has 6 heteroatoms. The number of halogens is 1. The van der Waals surface area contributed by atoms with Crippen molar-refractivity contribution in [2.24, 2.45) is 0 Å². The lowest BCUT2D eigenvalue weighted by molar-refractivity contribution is -0.137. The van der Waals surface area contributed by atoms with Crippen LogP contribution >= 0.6 is 15.9 Å². The highest BCUT2D eigenvalue weighted by atomic mass is 79.9. The fourth-order valence-electron chi connectivity index (χ4n) is 1.47. The van der Waals surface area contributed by atoms with E-state index in [1.165, 1.54) is 0 Å². The number of amides is 2. The van der Waals surface area contributed by atoms with Crippen LogP contribution in [0.1, 0.15) is 25.3 Å². The average Bonchev–Trinajstić information content (AvgIpc) is 2.36. The molecule has 2 amide bonds. The molecular formula is C13H17BrN2O3. The van der Waals surface area contributed by atoms with Crippen LogP contribution in [0.3, 0.4) is 0 Å². The second-order valence-electron chi connectivity index (χ2n) is 4.29.